The zero-order valence-corrected chi connectivity index (χ0v) is 13.7. The number of carbonyl (C=O) groups excluding carboxylic acids is 1. The number of hydrogen-bond donors (Lipinski definition) is 2. The van der Waals surface area contributed by atoms with E-state index in [4.69, 9.17) is 0 Å². The van der Waals surface area contributed by atoms with Gasteiger partial charge < -0.3 is 5.32 Å². The molecule has 0 atom stereocenters. The molecule has 2 heterocycles. The van der Waals surface area contributed by atoms with Crippen molar-refractivity contribution in [3.05, 3.63) is 68.7 Å². The van der Waals surface area contributed by atoms with Crippen molar-refractivity contribution >= 4 is 33.2 Å². The summed E-state index contributed by atoms with van der Waals surface area (Å²) < 4.78 is 2.64. The Bertz CT molecular complexity index is 886. The molecular weight excluding hydrogens is 380 g/mol. The molecule has 0 aliphatic heterocycles. The third kappa shape index (κ3) is 3.49. The zero-order chi connectivity index (χ0) is 17.1. The summed E-state index contributed by atoms with van der Waals surface area (Å²) in [6.07, 6.45) is 4.10. The van der Waals surface area contributed by atoms with E-state index in [-0.39, 0.29) is 11.4 Å². The fraction of sp³-hybridized carbons (Fsp3) is 0.0714. The van der Waals surface area contributed by atoms with Crippen LogP contribution in [0.1, 0.15) is 16.1 Å². The Kier molecular flexibility index (Phi) is 4.38. The summed E-state index contributed by atoms with van der Waals surface area (Å²) in [7, 11) is 0. The Labute approximate surface area is 144 Å². The first-order valence-corrected chi connectivity index (χ1v) is 7.58. The van der Waals surface area contributed by atoms with Gasteiger partial charge in [0.25, 0.3) is 5.91 Å². The van der Waals surface area contributed by atoms with Gasteiger partial charge in [0.2, 0.25) is 5.69 Å². The number of nitro groups is 1. The minimum Gasteiger partial charge on any atom is -0.318 e. The predicted octanol–water partition coefficient (Wildman–Crippen LogP) is 2.58. The normalized spacial score (nSPS) is 10.5. The smallest absolute Gasteiger partial charge is 0.318 e. The number of nitrogens with one attached hydrogen (secondary N) is 2. The van der Waals surface area contributed by atoms with Gasteiger partial charge in [-0.25, -0.2) is 0 Å². The lowest BCUT2D eigenvalue weighted by Crippen LogP contribution is -2.13. The van der Waals surface area contributed by atoms with Crippen LogP contribution in [0.5, 0.6) is 0 Å². The number of anilines is 1. The van der Waals surface area contributed by atoms with Gasteiger partial charge in [0.15, 0.2) is 0 Å². The van der Waals surface area contributed by atoms with Gasteiger partial charge in [-0.3, -0.25) is 24.7 Å². The number of aromatic amines is 1. The Morgan fingerprint density at radius 3 is 2.79 bits per heavy atom. The maximum Gasteiger partial charge on any atom is 0.319 e. The summed E-state index contributed by atoms with van der Waals surface area (Å²) in [6.45, 7) is 0.535. The van der Waals surface area contributed by atoms with Crippen LogP contribution in [0.2, 0.25) is 0 Å². The van der Waals surface area contributed by atoms with E-state index in [1.807, 2.05) is 24.3 Å². The van der Waals surface area contributed by atoms with E-state index < -0.39 is 10.8 Å². The van der Waals surface area contributed by atoms with Crippen molar-refractivity contribution < 1.29 is 9.72 Å². The minimum atomic E-state index is -0.671. The van der Waals surface area contributed by atoms with Gasteiger partial charge in [0, 0.05) is 10.7 Å². The average molecular weight is 391 g/mol. The van der Waals surface area contributed by atoms with Gasteiger partial charge in [-0.2, -0.15) is 10.2 Å². The van der Waals surface area contributed by atoms with Gasteiger partial charge in [-0.05, 0) is 17.7 Å². The fourth-order valence-corrected chi connectivity index (χ4v) is 2.33. The molecule has 0 fully saturated rings. The van der Waals surface area contributed by atoms with Gasteiger partial charge in [-0.1, -0.05) is 28.1 Å². The molecule has 0 aliphatic carbocycles. The zero-order valence-electron chi connectivity index (χ0n) is 12.1. The fourth-order valence-electron chi connectivity index (χ4n) is 2.07. The van der Waals surface area contributed by atoms with Crippen molar-refractivity contribution in [2.75, 3.05) is 5.32 Å². The van der Waals surface area contributed by atoms with Crippen LogP contribution in [0.25, 0.3) is 0 Å². The molecular formula is C14H11BrN6O3. The second-order valence-corrected chi connectivity index (χ2v) is 5.81. The maximum atomic E-state index is 12.1. The number of amides is 1. The molecule has 0 bridgehead atoms. The predicted molar refractivity (Wildman–Crippen MR) is 88.7 cm³/mol. The SMILES string of the molecule is O=C(Nc1cnn(Cc2ccc(Br)cc2)c1)c1[nH]ncc1[N+](=O)[O-]. The third-order valence-corrected chi connectivity index (χ3v) is 3.72. The van der Waals surface area contributed by atoms with Crippen molar-refractivity contribution in [2.24, 2.45) is 0 Å². The summed E-state index contributed by atoms with van der Waals surface area (Å²) in [5, 5.41) is 23.4. The molecule has 0 unspecified atom stereocenters. The van der Waals surface area contributed by atoms with Crippen LogP contribution in [0.4, 0.5) is 11.4 Å². The van der Waals surface area contributed by atoms with Gasteiger partial charge >= 0.3 is 5.69 Å². The standard InChI is InChI=1S/C14H11BrN6O3/c15-10-3-1-9(2-4-10)7-20-8-11(5-17-20)18-14(22)13-12(21(23)24)6-16-19-13/h1-6,8H,7H2,(H,16,19)(H,18,22). The van der Waals surface area contributed by atoms with Crippen LogP contribution in [-0.2, 0) is 6.54 Å². The number of aromatic nitrogens is 4. The summed E-state index contributed by atoms with van der Waals surface area (Å²) in [5.41, 5.74) is 0.889. The van der Waals surface area contributed by atoms with E-state index in [2.05, 4.69) is 36.5 Å². The topological polar surface area (TPSA) is 119 Å². The molecule has 1 amide bonds. The van der Waals surface area contributed by atoms with Crippen molar-refractivity contribution in [1.82, 2.24) is 20.0 Å². The van der Waals surface area contributed by atoms with Crippen molar-refractivity contribution in [1.29, 1.82) is 0 Å². The van der Waals surface area contributed by atoms with Crippen LogP contribution in [-0.4, -0.2) is 30.8 Å². The molecule has 24 heavy (non-hydrogen) atoms. The molecule has 9 nitrogen and oxygen atoms in total. The highest BCUT2D eigenvalue weighted by Gasteiger charge is 2.23. The van der Waals surface area contributed by atoms with E-state index in [9.17, 15) is 14.9 Å². The molecule has 0 aliphatic rings. The quantitative estimate of drug-likeness (QED) is 0.512. The lowest BCUT2D eigenvalue weighted by Gasteiger charge is -2.02. The molecule has 3 aromatic rings. The summed E-state index contributed by atoms with van der Waals surface area (Å²) in [6, 6.07) is 7.77. The average Bonchev–Trinajstić information content (AvgIpc) is 3.19. The number of benzene rings is 1. The molecule has 0 saturated carbocycles. The van der Waals surface area contributed by atoms with Crippen molar-refractivity contribution in [3.8, 4) is 0 Å². The molecule has 1 aromatic carbocycles. The highest BCUT2D eigenvalue weighted by atomic mass is 79.9. The summed E-state index contributed by atoms with van der Waals surface area (Å²) in [4.78, 5) is 22.2. The highest BCUT2D eigenvalue weighted by Crippen LogP contribution is 2.17. The Hall–Kier alpha value is -3.01. The van der Waals surface area contributed by atoms with Crippen molar-refractivity contribution in [2.45, 2.75) is 6.54 Å². The van der Waals surface area contributed by atoms with Gasteiger partial charge in [0.05, 0.1) is 23.4 Å². The third-order valence-electron chi connectivity index (χ3n) is 3.19. The molecule has 3 rings (SSSR count). The number of hydrogen-bond acceptors (Lipinski definition) is 5. The Morgan fingerprint density at radius 1 is 1.33 bits per heavy atom. The van der Waals surface area contributed by atoms with E-state index in [1.165, 1.54) is 6.20 Å². The lowest BCUT2D eigenvalue weighted by atomic mass is 10.2. The van der Waals surface area contributed by atoms with E-state index in [0.29, 0.717) is 12.2 Å². The first-order chi connectivity index (χ1) is 11.5. The number of H-pyrrole nitrogens is 1. The number of nitrogens with zero attached hydrogens (tertiary/aromatic N) is 4. The van der Waals surface area contributed by atoms with Crippen LogP contribution >= 0.6 is 15.9 Å². The second-order valence-electron chi connectivity index (χ2n) is 4.89. The summed E-state index contributed by atoms with van der Waals surface area (Å²) >= 11 is 3.37. The molecule has 0 saturated heterocycles. The van der Waals surface area contributed by atoms with E-state index in [1.54, 1.807) is 10.9 Å². The van der Waals surface area contributed by atoms with Crippen molar-refractivity contribution in [3.63, 3.8) is 0 Å². The number of carbonyl (C=O) groups is 1. The molecule has 2 N–H and O–H groups in total. The Balaban J connectivity index is 1.69. The van der Waals surface area contributed by atoms with E-state index >= 15 is 0 Å². The number of halogens is 1. The highest BCUT2D eigenvalue weighted by molar-refractivity contribution is 9.10. The number of rotatable bonds is 5. The lowest BCUT2D eigenvalue weighted by molar-refractivity contribution is -0.385. The largest absolute Gasteiger partial charge is 0.319 e. The molecule has 0 radical (unpaired) electrons. The maximum absolute atomic E-state index is 12.1. The van der Waals surface area contributed by atoms with Crippen LogP contribution in [0.15, 0.2) is 47.3 Å². The van der Waals surface area contributed by atoms with Crippen LogP contribution < -0.4 is 5.32 Å². The molecule has 10 heteroatoms. The summed E-state index contributed by atoms with van der Waals surface area (Å²) in [5.74, 6) is -0.651. The molecule has 2 aromatic heterocycles. The minimum absolute atomic E-state index is 0.208. The van der Waals surface area contributed by atoms with Gasteiger partial charge in [-0.15, -0.1) is 0 Å². The van der Waals surface area contributed by atoms with E-state index in [0.717, 1.165) is 16.2 Å². The second kappa shape index (κ2) is 6.62. The molecule has 122 valence electrons. The monoisotopic (exact) mass is 390 g/mol. The molecule has 0 spiro atoms. The van der Waals surface area contributed by atoms with Crippen LogP contribution in [0, 0.1) is 10.1 Å². The Morgan fingerprint density at radius 2 is 2.08 bits per heavy atom. The first kappa shape index (κ1) is 15.9. The first-order valence-electron chi connectivity index (χ1n) is 6.79. The van der Waals surface area contributed by atoms with Crippen LogP contribution in [0.3, 0.4) is 0 Å². The van der Waals surface area contributed by atoms with Gasteiger partial charge in [0.1, 0.15) is 6.20 Å².